The Balaban J connectivity index is 0.00000353. The van der Waals surface area contributed by atoms with E-state index in [9.17, 15) is 14.7 Å². The van der Waals surface area contributed by atoms with Crippen molar-refractivity contribution in [1.82, 2.24) is 0 Å². The Bertz CT molecular complexity index is 1350. The molecule has 2 N–H and O–H groups in total. The summed E-state index contributed by atoms with van der Waals surface area (Å²) in [6, 6.07) is 37.9. The third-order valence-corrected chi connectivity index (χ3v) is 11.6. The van der Waals surface area contributed by atoms with Gasteiger partial charge in [-0.2, -0.15) is 0 Å². The van der Waals surface area contributed by atoms with Crippen molar-refractivity contribution >= 4 is 35.1 Å². The summed E-state index contributed by atoms with van der Waals surface area (Å²) in [5, 5.41) is 14.4. The van der Waals surface area contributed by atoms with Crippen molar-refractivity contribution in [2.75, 3.05) is 0 Å². The van der Waals surface area contributed by atoms with Crippen LogP contribution in [0.15, 0.2) is 126 Å². The predicted molar refractivity (Wildman–Crippen MR) is 156 cm³/mol. The highest BCUT2D eigenvalue weighted by atomic mass is 31.2. The number of ether oxygens (including phenoxy) is 1. The fourth-order valence-corrected chi connectivity index (χ4v) is 10.1. The number of allylic oxidation sites excluding steroid dienone is 2. The minimum atomic E-state index is -2.41. The Morgan fingerprint density at radius 1 is 0.590 bits per heavy atom. The van der Waals surface area contributed by atoms with E-state index in [0.29, 0.717) is 12.2 Å². The number of carboxylic acid groups (broad SMARTS) is 1. The first-order chi connectivity index (χ1) is 18.6. The van der Waals surface area contributed by atoms with Crippen LogP contribution in [0, 0.1) is 0 Å². The van der Waals surface area contributed by atoms with Crippen LogP contribution in [0.5, 0.6) is 0 Å². The third-order valence-electron chi connectivity index (χ3n) is 7.07. The Kier molecular flexibility index (Phi) is 9.08. The second-order valence-corrected chi connectivity index (χ2v) is 12.8. The van der Waals surface area contributed by atoms with E-state index in [-0.39, 0.29) is 16.6 Å². The van der Waals surface area contributed by atoms with Gasteiger partial charge in [0.25, 0.3) is 0 Å². The summed E-state index contributed by atoms with van der Waals surface area (Å²) in [6.07, 6.45) is 4.37. The molecule has 6 heteroatoms. The third kappa shape index (κ3) is 5.56. The number of benzene rings is 4. The maximum absolute atomic E-state index is 13.5. The van der Waals surface area contributed by atoms with E-state index in [1.165, 1.54) is 28.0 Å². The molecule has 1 aliphatic rings. The Morgan fingerprint density at radius 3 is 1.51 bits per heavy atom. The van der Waals surface area contributed by atoms with E-state index in [4.69, 9.17) is 4.74 Å². The number of hydrogen-bond acceptors (Lipinski definition) is 4. The highest BCUT2D eigenvalue weighted by molar-refractivity contribution is 7.99. The fraction of sp³-hybridized carbons (Fsp3) is 0.152. The summed E-state index contributed by atoms with van der Waals surface area (Å²) in [6.45, 7) is 0. The molecule has 4 aromatic rings. The zero-order chi connectivity index (χ0) is 26.4. The highest BCUT2D eigenvalue weighted by Crippen LogP contribution is 2.65. The molecule has 0 radical (unpaired) electrons. The summed E-state index contributed by atoms with van der Waals surface area (Å²) in [5.74, 6) is -1.09. The maximum Gasteiger partial charge on any atom is 0.344 e. The van der Waals surface area contributed by atoms with Crippen LogP contribution in [0.25, 0.3) is 0 Å². The fourth-order valence-electron chi connectivity index (χ4n) is 5.39. The number of carbonyl (C=O) groups excluding carboxylic acids is 1. The second-order valence-electron chi connectivity index (χ2n) is 9.35. The Morgan fingerprint density at radius 2 is 1.03 bits per heavy atom. The van der Waals surface area contributed by atoms with E-state index in [0.717, 1.165) is 31.0 Å². The first kappa shape index (κ1) is 28.0. The first-order valence-corrected chi connectivity index (χ1v) is 14.7. The lowest BCUT2D eigenvalue weighted by Gasteiger charge is -2.30. The average molecular weight is 539 g/mol. The molecule has 5 rings (SSSR count). The van der Waals surface area contributed by atoms with Gasteiger partial charge in [-0.25, -0.2) is 9.59 Å². The van der Waals surface area contributed by atoms with E-state index >= 15 is 0 Å². The molecule has 0 heterocycles. The first-order valence-electron chi connectivity index (χ1n) is 13.0. The summed E-state index contributed by atoms with van der Waals surface area (Å²) in [4.78, 5) is 25.4. The average Bonchev–Trinajstić information content (AvgIpc) is 3.21. The van der Waals surface area contributed by atoms with Crippen LogP contribution < -0.4 is 15.9 Å². The van der Waals surface area contributed by atoms with Crippen molar-refractivity contribution < 1.29 is 24.9 Å². The lowest BCUT2D eigenvalue weighted by atomic mass is 10.1. The number of aromatic carboxylic acids is 1. The van der Waals surface area contributed by atoms with Crippen LogP contribution in [0.2, 0.25) is 0 Å². The van der Waals surface area contributed by atoms with Gasteiger partial charge in [-0.05, 0) is 61.4 Å². The number of esters is 1. The summed E-state index contributed by atoms with van der Waals surface area (Å²) in [7, 11) is -2.41. The Labute approximate surface area is 229 Å². The van der Waals surface area contributed by atoms with Crippen LogP contribution in [-0.4, -0.2) is 22.5 Å². The van der Waals surface area contributed by atoms with Gasteiger partial charge in [-0.3, -0.25) is 0 Å². The quantitative estimate of drug-likeness (QED) is 0.213. The zero-order valence-corrected chi connectivity index (χ0v) is 22.5. The molecule has 0 amide bonds. The number of carbonyl (C=O) groups is 2. The molecule has 0 saturated carbocycles. The zero-order valence-electron chi connectivity index (χ0n) is 21.6. The van der Waals surface area contributed by atoms with Crippen LogP contribution in [0.1, 0.15) is 52.8 Å². The SMILES string of the molecule is O=C(O)c1ccccc1C(=O)OC1=C([P+](c2ccccc2)(c2ccccc2)c2ccccc2)CCCCC1.[OH-]. The van der Waals surface area contributed by atoms with Crippen LogP contribution >= 0.6 is 7.26 Å². The molecule has 39 heavy (non-hydrogen) atoms. The van der Waals surface area contributed by atoms with Gasteiger partial charge in [0.15, 0.2) is 0 Å². The highest BCUT2D eigenvalue weighted by Gasteiger charge is 2.51. The van der Waals surface area contributed by atoms with Gasteiger partial charge in [0, 0.05) is 12.8 Å². The van der Waals surface area contributed by atoms with Crippen molar-refractivity contribution in [1.29, 1.82) is 0 Å². The molecule has 0 saturated heterocycles. The summed E-state index contributed by atoms with van der Waals surface area (Å²) in [5.41, 5.74) is 0.0164. The number of hydrogen-bond donors (Lipinski definition) is 1. The molecule has 198 valence electrons. The van der Waals surface area contributed by atoms with Crippen molar-refractivity contribution in [3.05, 3.63) is 137 Å². The Hall–Kier alpha value is -4.05. The molecule has 0 bridgehead atoms. The lowest BCUT2D eigenvalue weighted by molar-refractivity contribution is 0.0592. The molecule has 5 nitrogen and oxygen atoms in total. The molecule has 1 aliphatic carbocycles. The minimum Gasteiger partial charge on any atom is -0.870 e. The van der Waals surface area contributed by atoms with Gasteiger partial charge < -0.3 is 15.3 Å². The molecular formula is C33H31O5P. The largest absolute Gasteiger partial charge is 0.870 e. The van der Waals surface area contributed by atoms with Gasteiger partial charge in [-0.1, -0.05) is 73.2 Å². The van der Waals surface area contributed by atoms with Crippen molar-refractivity contribution in [2.45, 2.75) is 32.1 Å². The second kappa shape index (κ2) is 12.7. The molecule has 0 atom stereocenters. The van der Waals surface area contributed by atoms with Gasteiger partial charge in [0.05, 0.1) is 11.1 Å². The number of carboxylic acids is 1. The summed E-state index contributed by atoms with van der Waals surface area (Å²) >= 11 is 0. The van der Waals surface area contributed by atoms with Gasteiger partial charge >= 0.3 is 11.9 Å². The van der Waals surface area contributed by atoms with Crippen LogP contribution in [0.3, 0.4) is 0 Å². The standard InChI is InChI=1S/C33H29O4P.H2O/c34-32(35)28-21-13-14-22-29(28)33(36)37-30-23-11-4-12-24-31(30)38(25-15-5-1-6-16-25,26-17-7-2-8-18-26)27-19-9-3-10-20-27;/h1-3,5-10,13-22H,4,11-12,23-24H2;1H2. The predicted octanol–water partition coefficient (Wildman–Crippen LogP) is 6.53. The molecular weight excluding hydrogens is 507 g/mol. The number of rotatable bonds is 7. The molecule has 0 fully saturated rings. The van der Waals surface area contributed by atoms with Crippen LogP contribution in [-0.2, 0) is 4.74 Å². The topological polar surface area (TPSA) is 93.6 Å². The molecule has 4 aromatic carbocycles. The molecule has 0 aliphatic heterocycles. The van der Waals surface area contributed by atoms with Crippen molar-refractivity contribution in [2.24, 2.45) is 0 Å². The minimum absolute atomic E-state index is 0. The van der Waals surface area contributed by atoms with E-state index in [2.05, 4.69) is 72.8 Å². The van der Waals surface area contributed by atoms with E-state index in [1.54, 1.807) is 12.1 Å². The lowest BCUT2D eigenvalue weighted by Crippen LogP contribution is -2.33. The van der Waals surface area contributed by atoms with Crippen LogP contribution in [0.4, 0.5) is 0 Å². The van der Waals surface area contributed by atoms with Gasteiger partial charge in [-0.15, -0.1) is 0 Å². The molecule has 0 unspecified atom stereocenters. The van der Waals surface area contributed by atoms with E-state index < -0.39 is 19.2 Å². The normalized spacial score (nSPS) is 13.6. The van der Waals surface area contributed by atoms with Crippen molar-refractivity contribution in [3.8, 4) is 0 Å². The van der Waals surface area contributed by atoms with E-state index in [1.807, 2.05) is 18.2 Å². The van der Waals surface area contributed by atoms with Crippen molar-refractivity contribution in [3.63, 3.8) is 0 Å². The van der Waals surface area contributed by atoms with Gasteiger partial charge in [0.1, 0.15) is 34.2 Å². The van der Waals surface area contributed by atoms with Gasteiger partial charge in [0.2, 0.25) is 0 Å². The monoisotopic (exact) mass is 538 g/mol. The summed E-state index contributed by atoms with van der Waals surface area (Å²) < 4.78 is 6.24. The smallest absolute Gasteiger partial charge is 0.344 e. The maximum atomic E-state index is 13.5. The molecule has 0 spiro atoms. The molecule has 0 aromatic heterocycles.